The summed E-state index contributed by atoms with van der Waals surface area (Å²) in [5.74, 6) is -0.303. The second-order valence-corrected chi connectivity index (χ2v) is 5.15. The number of nitrogens with one attached hydrogen (secondary N) is 1. The highest BCUT2D eigenvalue weighted by Crippen LogP contribution is 2.19. The third kappa shape index (κ3) is 4.27. The number of hydrogen-bond donors (Lipinski definition) is 2. The van der Waals surface area contributed by atoms with Crippen molar-refractivity contribution in [2.24, 2.45) is 5.73 Å². The maximum Gasteiger partial charge on any atom is 0.267 e. The van der Waals surface area contributed by atoms with Crippen LogP contribution in [0.25, 0.3) is 0 Å². The number of carbonyl (C=O) groups is 2. The normalized spacial score (nSPS) is 10.2. The van der Waals surface area contributed by atoms with Crippen molar-refractivity contribution in [3.63, 3.8) is 0 Å². The summed E-state index contributed by atoms with van der Waals surface area (Å²) in [4.78, 5) is 27.4. The zero-order valence-electron chi connectivity index (χ0n) is 11.9. The van der Waals surface area contributed by atoms with Crippen LogP contribution in [0, 0.1) is 0 Å². The predicted octanol–water partition coefficient (Wildman–Crippen LogP) is 1.41. The van der Waals surface area contributed by atoms with Crippen LogP contribution in [0.1, 0.15) is 15.4 Å². The molecule has 2 amide bonds. The first-order valence-electron chi connectivity index (χ1n) is 6.34. The van der Waals surface area contributed by atoms with Crippen LogP contribution in [0.5, 0.6) is 5.75 Å². The molecule has 0 atom stereocenters. The smallest absolute Gasteiger partial charge is 0.267 e. The molecule has 2 rings (SSSR count). The van der Waals surface area contributed by atoms with Gasteiger partial charge in [0.1, 0.15) is 10.6 Å². The van der Waals surface area contributed by atoms with Gasteiger partial charge in [-0.15, -0.1) is 11.3 Å². The monoisotopic (exact) mass is 321 g/mol. The Morgan fingerprint density at radius 3 is 2.68 bits per heavy atom. The van der Waals surface area contributed by atoms with Crippen LogP contribution < -0.4 is 15.8 Å². The summed E-state index contributed by atoms with van der Waals surface area (Å²) in [5.41, 5.74) is 7.80. The first kappa shape index (κ1) is 15.9. The molecule has 0 saturated heterocycles. The van der Waals surface area contributed by atoms with E-state index in [0.29, 0.717) is 22.0 Å². The van der Waals surface area contributed by atoms with E-state index in [1.54, 1.807) is 36.9 Å². The second kappa shape index (κ2) is 7.53. The van der Waals surface area contributed by atoms with Crippen LogP contribution in [-0.4, -0.2) is 30.5 Å². The van der Waals surface area contributed by atoms with Gasteiger partial charge >= 0.3 is 0 Å². The molecule has 1 aromatic carbocycles. The van der Waals surface area contributed by atoms with E-state index >= 15 is 0 Å². The zero-order chi connectivity index (χ0) is 15.9. The van der Waals surface area contributed by atoms with E-state index in [1.165, 1.54) is 11.3 Å². The van der Waals surface area contributed by atoms with Crippen LogP contribution >= 0.6 is 11.3 Å². The average molecular weight is 321 g/mol. The lowest BCUT2D eigenvalue weighted by atomic mass is 10.3. The highest BCUT2D eigenvalue weighted by atomic mass is 32.1. The predicted molar refractivity (Wildman–Crippen MR) is 81.9 cm³/mol. The summed E-state index contributed by atoms with van der Waals surface area (Å²) in [5, 5.41) is 2.76. The van der Waals surface area contributed by atoms with E-state index in [0.717, 1.165) is 0 Å². The van der Waals surface area contributed by atoms with E-state index in [2.05, 4.69) is 10.3 Å². The van der Waals surface area contributed by atoms with Crippen molar-refractivity contribution in [3.8, 4) is 5.75 Å². The van der Waals surface area contributed by atoms with Gasteiger partial charge in [-0.3, -0.25) is 9.59 Å². The first-order chi connectivity index (χ1) is 10.6. The number of aromatic nitrogens is 1. The summed E-state index contributed by atoms with van der Waals surface area (Å²) in [7, 11) is 1.55. The van der Waals surface area contributed by atoms with Crippen LogP contribution in [0.2, 0.25) is 0 Å². The van der Waals surface area contributed by atoms with Crippen LogP contribution in [0.4, 0.5) is 5.69 Å². The largest absolute Gasteiger partial charge is 0.484 e. The molecule has 22 heavy (non-hydrogen) atoms. The Hall–Kier alpha value is -2.45. The Morgan fingerprint density at radius 1 is 1.32 bits per heavy atom. The number of anilines is 1. The third-order valence-electron chi connectivity index (χ3n) is 2.62. The van der Waals surface area contributed by atoms with Crippen molar-refractivity contribution < 1.29 is 19.1 Å². The maximum atomic E-state index is 12.2. The third-order valence-corrected chi connectivity index (χ3v) is 3.49. The first-order valence-corrected chi connectivity index (χ1v) is 7.22. The number of nitrogens with zero attached hydrogens (tertiary/aromatic N) is 1. The van der Waals surface area contributed by atoms with Gasteiger partial charge in [0, 0.05) is 12.8 Å². The number of hydrogen-bond acceptors (Lipinski definition) is 6. The molecule has 8 heteroatoms. The summed E-state index contributed by atoms with van der Waals surface area (Å²) in [6.07, 6.45) is 0. The number of thiazole rings is 1. The lowest BCUT2D eigenvalue weighted by Crippen LogP contribution is -2.20. The highest BCUT2D eigenvalue weighted by Gasteiger charge is 2.14. The molecule has 1 heterocycles. The molecule has 0 unspecified atom stereocenters. The molecule has 2 aromatic rings. The fraction of sp³-hybridized carbons (Fsp3) is 0.214. The average Bonchev–Trinajstić information content (AvgIpc) is 2.95. The van der Waals surface area contributed by atoms with Crippen LogP contribution in [-0.2, 0) is 16.1 Å². The molecular formula is C14H15N3O4S. The molecule has 0 bridgehead atoms. The van der Waals surface area contributed by atoms with Crippen LogP contribution in [0.15, 0.2) is 29.8 Å². The SMILES string of the molecule is COCc1ncsc1C(=O)Nc1ccc(OCC(N)=O)cc1. The molecule has 0 radical (unpaired) electrons. The fourth-order valence-corrected chi connectivity index (χ4v) is 2.36. The number of primary amides is 1. The number of methoxy groups -OCH3 is 1. The molecule has 0 spiro atoms. The Bertz CT molecular complexity index is 654. The van der Waals surface area contributed by atoms with Crippen molar-refractivity contribution in [1.29, 1.82) is 0 Å². The number of benzene rings is 1. The molecule has 116 valence electrons. The van der Waals surface area contributed by atoms with Gasteiger partial charge in [0.25, 0.3) is 11.8 Å². The summed E-state index contributed by atoms with van der Waals surface area (Å²) < 4.78 is 10.1. The van der Waals surface area contributed by atoms with E-state index in [9.17, 15) is 9.59 Å². The van der Waals surface area contributed by atoms with Crippen LogP contribution in [0.3, 0.4) is 0 Å². The van der Waals surface area contributed by atoms with Gasteiger partial charge in [-0.2, -0.15) is 0 Å². The number of nitrogens with two attached hydrogens (primary N) is 1. The Labute approximate surface area is 131 Å². The minimum atomic E-state index is -0.548. The van der Waals surface area contributed by atoms with Crippen molar-refractivity contribution in [2.45, 2.75) is 6.61 Å². The lowest BCUT2D eigenvalue weighted by Gasteiger charge is -2.07. The van der Waals surface area contributed by atoms with E-state index < -0.39 is 5.91 Å². The van der Waals surface area contributed by atoms with Crippen molar-refractivity contribution in [3.05, 3.63) is 40.3 Å². The standard InChI is InChI=1S/C14H15N3O4S/c1-20-6-11-13(22-8-16-11)14(19)17-9-2-4-10(5-3-9)21-7-12(15)18/h2-5,8H,6-7H2,1H3,(H2,15,18)(H,17,19). The molecule has 0 fully saturated rings. The summed E-state index contributed by atoms with van der Waals surface area (Å²) in [6, 6.07) is 6.62. The number of amides is 2. The van der Waals surface area contributed by atoms with Gasteiger partial charge in [0.05, 0.1) is 17.8 Å². The van der Waals surface area contributed by atoms with Crippen molar-refractivity contribution in [2.75, 3.05) is 19.0 Å². The van der Waals surface area contributed by atoms with Gasteiger partial charge in [0.15, 0.2) is 6.61 Å². The minimum Gasteiger partial charge on any atom is -0.484 e. The second-order valence-electron chi connectivity index (χ2n) is 4.29. The Kier molecular flexibility index (Phi) is 5.45. The van der Waals surface area contributed by atoms with Gasteiger partial charge in [-0.25, -0.2) is 4.98 Å². The van der Waals surface area contributed by atoms with Gasteiger partial charge in [-0.05, 0) is 24.3 Å². The highest BCUT2D eigenvalue weighted by molar-refractivity contribution is 7.12. The Balaban J connectivity index is 1.99. The molecular weight excluding hydrogens is 306 g/mol. The van der Waals surface area contributed by atoms with Gasteiger partial charge in [-0.1, -0.05) is 0 Å². The molecule has 1 aromatic heterocycles. The maximum absolute atomic E-state index is 12.2. The molecule has 0 aliphatic heterocycles. The van der Waals surface area contributed by atoms with Gasteiger partial charge < -0.3 is 20.5 Å². The molecule has 3 N–H and O–H groups in total. The zero-order valence-corrected chi connectivity index (χ0v) is 12.7. The van der Waals surface area contributed by atoms with E-state index in [-0.39, 0.29) is 19.1 Å². The topological polar surface area (TPSA) is 104 Å². The van der Waals surface area contributed by atoms with E-state index in [1.807, 2.05) is 0 Å². The van der Waals surface area contributed by atoms with Gasteiger partial charge in [0.2, 0.25) is 0 Å². The molecule has 7 nitrogen and oxygen atoms in total. The fourth-order valence-electron chi connectivity index (χ4n) is 1.67. The summed E-state index contributed by atoms with van der Waals surface area (Å²) in [6.45, 7) is 0.0963. The van der Waals surface area contributed by atoms with Crippen molar-refractivity contribution in [1.82, 2.24) is 4.98 Å². The molecule has 0 saturated carbocycles. The lowest BCUT2D eigenvalue weighted by molar-refractivity contribution is -0.119. The molecule has 0 aliphatic rings. The number of carbonyl (C=O) groups excluding carboxylic acids is 2. The number of ether oxygens (including phenoxy) is 2. The molecule has 0 aliphatic carbocycles. The quantitative estimate of drug-likeness (QED) is 0.802. The minimum absolute atomic E-state index is 0.188. The Morgan fingerprint density at radius 2 is 2.05 bits per heavy atom. The van der Waals surface area contributed by atoms with E-state index in [4.69, 9.17) is 15.2 Å². The van der Waals surface area contributed by atoms with Crippen molar-refractivity contribution >= 4 is 28.8 Å². The summed E-state index contributed by atoms with van der Waals surface area (Å²) >= 11 is 1.25. The number of rotatable bonds is 7.